The van der Waals surface area contributed by atoms with Crippen molar-refractivity contribution >= 4 is 44.8 Å². The van der Waals surface area contributed by atoms with E-state index in [-0.39, 0.29) is 0 Å². The van der Waals surface area contributed by atoms with Crippen molar-refractivity contribution in [3.63, 3.8) is 0 Å². The second kappa shape index (κ2) is 5.51. The van der Waals surface area contributed by atoms with Gasteiger partial charge in [-0.2, -0.15) is 5.10 Å². The third-order valence-electron chi connectivity index (χ3n) is 2.66. The Morgan fingerprint density at radius 1 is 1.33 bits per heavy atom. The van der Waals surface area contributed by atoms with Crippen molar-refractivity contribution in [3.05, 3.63) is 44.1 Å². The van der Waals surface area contributed by atoms with E-state index in [4.69, 9.17) is 23.2 Å². The second-order valence-corrected chi connectivity index (χ2v) is 5.53. The van der Waals surface area contributed by atoms with Crippen LogP contribution in [0, 0.1) is 6.92 Å². The molecule has 1 aromatic heterocycles. The number of benzene rings is 1. The summed E-state index contributed by atoms with van der Waals surface area (Å²) in [6.45, 7) is 2.55. The van der Waals surface area contributed by atoms with Gasteiger partial charge in [0.1, 0.15) is 0 Å². The summed E-state index contributed by atoms with van der Waals surface area (Å²) < 4.78 is 2.83. The number of hydrogen-bond acceptors (Lipinski definition) is 2. The van der Waals surface area contributed by atoms with E-state index >= 15 is 0 Å². The Morgan fingerprint density at radius 3 is 2.44 bits per heavy atom. The first-order valence-corrected chi connectivity index (χ1v) is 6.91. The van der Waals surface area contributed by atoms with E-state index in [1.54, 1.807) is 12.1 Å². The minimum Gasteiger partial charge on any atom is -0.377 e. The van der Waals surface area contributed by atoms with Gasteiger partial charge in [-0.05, 0) is 35.0 Å². The summed E-state index contributed by atoms with van der Waals surface area (Å²) >= 11 is 15.7. The van der Waals surface area contributed by atoms with Crippen LogP contribution in [-0.4, -0.2) is 9.78 Å². The van der Waals surface area contributed by atoms with E-state index in [0.717, 1.165) is 21.5 Å². The standard InChI is InChI=1S/C12H12BrCl2N3/c1-7-11(13)10(18(2)17-7)6-16-12-8(14)4-3-5-9(12)15/h3-5,16H,6H2,1-2H3. The first kappa shape index (κ1) is 13.7. The van der Waals surface area contributed by atoms with Crippen LogP contribution in [0.5, 0.6) is 0 Å². The van der Waals surface area contributed by atoms with Crippen LogP contribution < -0.4 is 5.32 Å². The molecular formula is C12H12BrCl2N3. The fourth-order valence-electron chi connectivity index (χ4n) is 1.71. The molecule has 96 valence electrons. The van der Waals surface area contributed by atoms with Crippen molar-refractivity contribution in [2.75, 3.05) is 5.32 Å². The molecule has 0 aliphatic carbocycles. The van der Waals surface area contributed by atoms with Crippen LogP contribution in [0.4, 0.5) is 5.69 Å². The minimum atomic E-state index is 0.599. The van der Waals surface area contributed by atoms with E-state index < -0.39 is 0 Å². The largest absolute Gasteiger partial charge is 0.377 e. The maximum absolute atomic E-state index is 6.10. The topological polar surface area (TPSA) is 29.9 Å². The van der Waals surface area contributed by atoms with Gasteiger partial charge >= 0.3 is 0 Å². The molecule has 0 bridgehead atoms. The zero-order valence-electron chi connectivity index (χ0n) is 9.97. The van der Waals surface area contributed by atoms with Gasteiger partial charge < -0.3 is 5.32 Å². The maximum atomic E-state index is 6.10. The fraction of sp³-hybridized carbons (Fsp3) is 0.250. The highest BCUT2D eigenvalue weighted by Gasteiger charge is 2.11. The third-order valence-corrected chi connectivity index (χ3v) is 4.32. The summed E-state index contributed by atoms with van der Waals surface area (Å²) in [5, 5.41) is 8.79. The molecule has 0 unspecified atom stereocenters. The molecule has 0 fully saturated rings. The number of aromatic nitrogens is 2. The van der Waals surface area contributed by atoms with Gasteiger partial charge in [0.15, 0.2) is 0 Å². The lowest BCUT2D eigenvalue weighted by Gasteiger charge is -2.10. The number of para-hydroxylation sites is 1. The SMILES string of the molecule is Cc1nn(C)c(CNc2c(Cl)cccc2Cl)c1Br. The molecule has 0 atom stereocenters. The molecule has 1 N–H and O–H groups in total. The van der Waals surface area contributed by atoms with Crippen molar-refractivity contribution in [3.8, 4) is 0 Å². The Labute approximate surface area is 124 Å². The Kier molecular flexibility index (Phi) is 4.20. The normalized spacial score (nSPS) is 10.7. The van der Waals surface area contributed by atoms with E-state index in [1.165, 1.54) is 0 Å². The van der Waals surface area contributed by atoms with Crippen LogP contribution in [0.1, 0.15) is 11.4 Å². The summed E-state index contributed by atoms with van der Waals surface area (Å²) in [5.41, 5.74) is 2.75. The molecule has 2 rings (SSSR count). The maximum Gasteiger partial charge on any atom is 0.0739 e. The van der Waals surface area contributed by atoms with Crippen molar-refractivity contribution in [1.82, 2.24) is 9.78 Å². The van der Waals surface area contributed by atoms with Gasteiger partial charge in [-0.3, -0.25) is 4.68 Å². The number of hydrogen-bond donors (Lipinski definition) is 1. The molecule has 6 heteroatoms. The quantitative estimate of drug-likeness (QED) is 0.890. The molecule has 1 heterocycles. The average molecular weight is 349 g/mol. The molecule has 18 heavy (non-hydrogen) atoms. The third kappa shape index (κ3) is 2.66. The van der Waals surface area contributed by atoms with Gasteiger partial charge in [0, 0.05) is 7.05 Å². The van der Waals surface area contributed by atoms with Crippen LogP contribution in [0.3, 0.4) is 0 Å². The van der Waals surface area contributed by atoms with Gasteiger partial charge in [0.2, 0.25) is 0 Å². The zero-order valence-corrected chi connectivity index (χ0v) is 13.1. The molecule has 0 saturated heterocycles. The number of aryl methyl sites for hydroxylation is 2. The first-order valence-electron chi connectivity index (χ1n) is 5.36. The highest BCUT2D eigenvalue weighted by Crippen LogP contribution is 2.31. The number of nitrogens with zero attached hydrogens (tertiary/aromatic N) is 2. The molecule has 2 aromatic rings. The van der Waals surface area contributed by atoms with Crippen molar-refractivity contribution in [2.45, 2.75) is 13.5 Å². The first-order chi connectivity index (χ1) is 8.50. The van der Waals surface area contributed by atoms with Crippen LogP contribution >= 0.6 is 39.1 Å². The van der Waals surface area contributed by atoms with Crippen LogP contribution in [-0.2, 0) is 13.6 Å². The molecule has 0 amide bonds. The monoisotopic (exact) mass is 347 g/mol. The van der Waals surface area contributed by atoms with E-state index in [0.29, 0.717) is 16.6 Å². The summed E-state index contributed by atoms with van der Waals surface area (Å²) in [5.74, 6) is 0. The molecule has 0 aliphatic rings. The Bertz CT molecular complexity index is 561. The van der Waals surface area contributed by atoms with E-state index in [9.17, 15) is 0 Å². The number of rotatable bonds is 3. The van der Waals surface area contributed by atoms with Crippen molar-refractivity contribution in [1.29, 1.82) is 0 Å². The summed E-state index contributed by atoms with van der Waals surface area (Å²) in [4.78, 5) is 0. The predicted molar refractivity (Wildman–Crippen MR) is 79.4 cm³/mol. The Morgan fingerprint density at radius 2 is 1.94 bits per heavy atom. The highest BCUT2D eigenvalue weighted by atomic mass is 79.9. The fourth-order valence-corrected chi connectivity index (χ4v) is 2.72. The van der Waals surface area contributed by atoms with E-state index in [2.05, 4.69) is 26.3 Å². The summed E-state index contributed by atoms with van der Waals surface area (Å²) in [7, 11) is 1.91. The lowest BCUT2D eigenvalue weighted by atomic mass is 10.3. The number of anilines is 1. The second-order valence-electron chi connectivity index (χ2n) is 3.92. The highest BCUT2D eigenvalue weighted by molar-refractivity contribution is 9.10. The van der Waals surface area contributed by atoms with Crippen LogP contribution in [0.25, 0.3) is 0 Å². The summed E-state index contributed by atoms with van der Waals surface area (Å²) in [6.07, 6.45) is 0. The lowest BCUT2D eigenvalue weighted by Crippen LogP contribution is -2.06. The van der Waals surface area contributed by atoms with E-state index in [1.807, 2.05) is 24.7 Å². The molecule has 0 spiro atoms. The molecule has 0 radical (unpaired) electrons. The molecular weight excluding hydrogens is 337 g/mol. The van der Waals surface area contributed by atoms with Crippen molar-refractivity contribution in [2.24, 2.45) is 7.05 Å². The molecule has 0 saturated carbocycles. The van der Waals surface area contributed by atoms with Gasteiger partial charge in [0.05, 0.1) is 38.1 Å². The molecule has 1 aromatic carbocycles. The van der Waals surface area contributed by atoms with Crippen LogP contribution in [0.2, 0.25) is 10.0 Å². The van der Waals surface area contributed by atoms with Gasteiger partial charge in [-0.1, -0.05) is 29.3 Å². The van der Waals surface area contributed by atoms with Gasteiger partial charge in [0.25, 0.3) is 0 Å². The number of halogens is 3. The minimum absolute atomic E-state index is 0.599. The Balaban J connectivity index is 2.22. The van der Waals surface area contributed by atoms with Crippen LogP contribution in [0.15, 0.2) is 22.7 Å². The molecule has 3 nitrogen and oxygen atoms in total. The molecule has 0 aliphatic heterocycles. The smallest absolute Gasteiger partial charge is 0.0739 e. The Hall–Kier alpha value is -0.710. The van der Waals surface area contributed by atoms with Crippen molar-refractivity contribution < 1.29 is 0 Å². The zero-order chi connectivity index (χ0) is 13.3. The van der Waals surface area contributed by atoms with Gasteiger partial charge in [-0.25, -0.2) is 0 Å². The predicted octanol–water partition coefficient (Wildman–Crippen LogP) is 4.41. The lowest BCUT2D eigenvalue weighted by molar-refractivity contribution is 0.712. The summed E-state index contributed by atoms with van der Waals surface area (Å²) in [6, 6.07) is 5.43. The number of nitrogens with one attached hydrogen (secondary N) is 1. The van der Waals surface area contributed by atoms with Gasteiger partial charge in [-0.15, -0.1) is 0 Å². The average Bonchev–Trinajstić information content (AvgIpc) is 2.54.